The van der Waals surface area contributed by atoms with Gasteiger partial charge < -0.3 is 10.4 Å². The van der Waals surface area contributed by atoms with Crippen molar-refractivity contribution in [3.63, 3.8) is 0 Å². The minimum Gasteiger partial charge on any atom is -0.481 e. The van der Waals surface area contributed by atoms with Gasteiger partial charge in [-0.3, -0.25) is 9.59 Å². The van der Waals surface area contributed by atoms with Crippen LogP contribution >= 0.6 is 23.1 Å². The number of aliphatic carboxylic acids is 1. The van der Waals surface area contributed by atoms with Gasteiger partial charge >= 0.3 is 5.97 Å². The third kappa shape index (κ3) is 5.77. The Hall–Kier alpha value is -1.01. The van der Waals surface area contributed by atoms with Crippen LogP contribution in [0.15, 0.2) is 17.5 Å². The second-order valence-electron chi connectivity index (χ2n) is 3.05. The molecule has 88 valence electrons. The average Bonchev–Trinajstić information content (AvgIpc) is 2.74. The zero-order chi connectivity index (χ0) is 11.8. The topological polar surface area (TPSA) is 66.4 Å². The van der Waals surface area contributed by atoms with Crippen molar-refractivity contribution >= 4 is 35.0 Å². The van der Waals surface area contributed by atoms with Gasteiger partial charge in [-0.2, -0.15) is 11.8 Å². The molecule has 0 saturated heterocycles. The van der Waals surface area contributed by atoms with Gasteiger partial charge in [0.25, 0.3) is 0 Å². The second kappa shape index (κ2) is 7.29. The summed E-state index contributed by atoms with van der Waals surface area (Å²) in [5.74, 6) is -0.0873. The molecule has 2 N–H and O–H groups in total. The van der Waals surface area contributed by atoms with Crippen molar-refractivity contribution in [2.45, 2.75) is 13.0 Å². The van der Waals surface area contributed by atoms with Crippen molar-refractivity contribution in [3.05, 3.63) is 22.4 Å². The molecule has 0 bridgehead atoms. The van der Waals surface area contributed by atoms with E-state index in [2.05, 4.69) is 5.32 Å². The Balaban J connectivity index is 2.05. The van der Waals surface area contributed by atoms with Gasteiger partial charge in [-0.25, -0.2) is 0 Å². The Bertz CT molecular complexity index is 338. The quantitative estimate of drug-likeness (QED) is 0.729. The summed E-state index contributed by atoms with van der Waals surface area (Å²) in [6.07, 6.45) is 0.100. The predicted molar refractivity (Wildman–Crippen MR) is 65.7 cm³/mol. The zero-order valence-electron chi connectivity index (χ0n) is 8.64. The van der Waals surface area contributed by atoms with E-state index in [0.717, 1.165) is 4.88 Å². The average molecular weight is 259 g/mol. The molecular formula is C10H13NO3S2. The molecule has 16 heavy (non-hydrogen) atoms. The molecule has 0 unspecified atom stereocenters. The number of amides is 1. The fraction of sp³-hybridized carbons (Fsp3) is 0.400. The zero-order valence-corrected chi connectivity index (χ0v) is 10.3. The number of nitrogens with one attached hydrogen (secondary N) is 1. The van der Waals surface area contributed by atoms with Crippen molar-refractivity contribution in [2.75, 3.05) is 11.5 Å². The number of hydrogen-bond donors (Lipinski definition) is 2. The van der Waals surface area contributed by atoms with Gasteiger partial charge in [0, 0.05) is 10.6 Å². The predicted octanol–water partition coefficient (Wildman–Crippen LogP) is 1.57. The molecule has 1 aromatic rings. The first-order chi connectivity index (χ1) is 7.68. The van der Waals surface area contributed by atoms with Crippen molar-refractivity contribution in [2.24, 2.45) is 0 Å². The Morgan fingerprint density at radius 2 is 2.31 bits per heavy atom. The van der Waals surface area contributed by atoms with Crippen molar-refractivity contribution < 1.29 is 14.7 Å². The minimum atomic E-state index is -0.827. The fourth-order valence-electron chi connectivity index (χ4n) is 0.974. The molecule has 0 fully saturated rings. The maximum absolute atomic E-state index is 11.3. The summed E-state index contributed by atoms with van der Waals surface area (Å²) in [5.41, 5.74) is 0. The van der Waals surface area contributed by atoms with E-state index in [1.54, 1.807) is 11.3 Å². The molecule has 1 rings (SSSR count). The molecule has 0 atom stereocenters. The van der Waals surface area contributed by atoms with Crippen LogP contribution in [-0.2, 0) is 16.1 Å². The third-order valence-corrected chi connectivity index (χ3v) is 3.57. The van der Waals surface area contributed by atoms with Gasteiger partial charge in [0.15, 0.2) is 0 Å². The highest BCUT2D eigenvalue weighted by atomic mass is 32.2. The summed E-state index contributed by atoms with van der Waals surface area (Å²) >= 11 is 2.94. The largest absolute Gasteiger partial charge is 0.481 e. The summed E-state index contributed by atoms with van der Waals surface area (Å²) in [6, 6.07) is 3.90. The Labute approximate surface area is 102 Å². The maximum atomic E-state index is 11.3. The molecular weight excluding hydrogens is 246 g/mol. The van der Waals surface area contributed by atoms with E-state index in [4.69, 9.17) is 5.11 Å². The lowest BCUT2D eigenvalue weighted by Crippen LogP contribution is -2.24. The summed E-state index contributed by atoms with van der Waals surface area (Å²) in [4.78, 5) is 22.6. The van der Waals surface area contributed by atoms with E-state index in [1.807, 2.05) is 17.5 Å². The van der Waals surface area contributed by atoms with Crippen LogP contribution in [0.2, 0.25) is 0 Å². The van der Waals surface area contributed by atoms with E-state index in [0.29, 0.717) is 18.1 Å². The van der Waals surface area contributed by atoms with Crippen LogP contribution in [0.25, 0.3) is 0 Å². The van der Waals surface area contributed by atoms with Crippen LogP contribution in [0.1, 0.15) is 11.3 Å². The lowest BCUT2D eigenvalue weighted by atomic mass is 10.4. The summed E-state index contributed by atoms with van der Waals surface area (Å²) in [6.45, 7) is 0.552. The van der Waals surface area contributed by atoms with Gasteiger partial charge in [-0.1, -0.05) is 6.07 Å². The Kier molecular flexibility index (Phi) is 5.95. The van der Waals surface area contributed by atoms with E-state index in [9.17, 15) is 9.59 Å². The van der Waals surface area contributed by atoms with Crippen LogP contribution in [0.4, 0.5) is 0 Å². The second-order valence-corrected chi connectivity index (χ2v) is 5.19. The number of carboxylic acids is 1. The Morgan fingerprint density at radius 3 is 2.94 bits per heavy atom. The van der Waals surface area contributed by atoms with E-state index >= 15 is 0 Å². The number of carboxylic acid groups (broad SMARTS) is 1. The molecule has 0 aromatic carbocycles. The van der Waals surface area contributed by atoms with Crippen molar-refractivity contribution in [3.8, 4) is 0 Å². The highest BCUT2D eigenvalue weighted by Crippen LogP contribution is 2.08. The normalized spacial score (nSPS) is 10.0. The molecule has 0 spiro atoms. The number of carbonyl (C=O) groups is 2. The SMILES string of the molecule is O=C(O)CCSCC(=O)NCc1cccs1. The van der Waals surface area contributed by atoms with Gasteiger partial charge in [0.05, 0.1) is 18.7 Å². The van der Waals surface area contributed by atoms with E-state index in [1.165, 1.54) is 11.8 Å². The minimum absolute atomic E-state index is 0.0520. The number of carbonyl (C=O) groups excluding carboxylic acids is 1. The fourth-order valence-corrected chi connectivity index (χ4v) is 2.37. The first kappa shape index (κ1) is 13.1. The van der Waals surface area contributed by atoms with Gasteiger partial charge in [0.2, 0.25) is 5.91 Å². The molecule has 0 aliphatic rings. The lowest BCUT2D eigenvalue weighted by Gasteiger charge is -2.02. The molecule has 1 aromatic heterocycles. The van der Waals surface area contributed by atoms with Crippen LogP contribution in [0.3, 0.4) is 0 Å². The lowest BCUT2D eigenvalue weighted by molar-refractivity contribution is -0.136. The molecule has 0 radical (unpaired) electrons. The molecule has 0 saturated carbocycles. The monoisotopic (exact) mass is 259 g/mol. The summed E-state index contributed by atoms with van der Waals surface area (Å²) in [5, 5.41) is 13.1. The van der Waals surface area contributed by atoms with Crippen molar-refractivity contribution in [1.29, 1.82) is 0 Å². The maximum Gasteiger partial charge on any atom is 0.304 e. The highest BCUT2D eigenvalue weighted by Gasteiger charge is 2.03. The van der Waals surface area contributed by atoms with Crippen LogP contribution in [-0.4, -0.2) is 28.5 Å². The molecule has 1 amide bonds. The van der Waals surface area contributed by atoms with E-state index < -0.39 is 5.97 Å². The first-order valence-corrected chi connectivity index (χ1v) is 6.80. The third-order valence-electron chi connectivity index (χ3n) is 1.73. The first-order valence-electron chi connectivity index (χ1n) is 4.77. The Morgan fingerprint density at radius 1 is 1.50 bits per heavy atom. The highest BCUT2D eigenvalue weighted by molar-refractivity contribution is 7.99. The standard InChI is InChI=1S/C10H13NO3S2/c12-9(7-15-5-3-10(13)14)11-6-8-2-1-4-16-8/h1-2,4H,3,5-7H2,(H,11,12)(H,13,14). The van der Waals surface area contributed by atoms with Crippen molar-refractivity contribution in [1.82, 2.24) is 5.32 Å². The van der Waals surface area contributed by atoms with Gasteiger partial charge in [-0.15, -0.1) is 11.3 Å². The van der Waals surface area contributed by atoms with Crippen LogP contribution < -0.4 is 5.32 Å². The smallest absolute Gasteiger partial charge is 0.304 e. The number of hydrogen-bond acceptors (Lipinski definition) is 4. The molecule has 0 aliphatic carbocycles. The summed E-state index contributed by atoms with van der Waals surface area (Å²) < 4.78 is 0. The number of thiophene rings is 1. The van der Waals surface area contributed by atoms with Gasteiger partial charge in [0.1, 0.15) is 0 Å². The number of thioether (sulfide) groups is 1. The van der Waals surface area contributed by atoms with E-state index in [-0.39, 0.29) is 12.3 Å². The molecule has 6 heteroatoms. The molecule has 4 nitrogen and oxygen atoms in total. The van der Waals surface area contributed by atoms with Crippen LogP contribution in [0, 0.1) is 0 Å². The van der Waals surface area contributed by atoms with Gasteiger partial charge in [-0.05, 0) is 11.4 Å². The van der Waals surface area contributed by atoms with Crippen LogP contribution in [0.5, 0.6) is 0 Å². The molecule has 0 aliphatic heterocycles. The molecule has 1 heterocycles. The number of rotatable bonds is 7. The summed E-state index contributed by atoms with van der Waals surface area (Å²) in [7, 11) is 0.